The molecule has 19 heavy (non-hydrogen) atoms. The molecule has 0 spiro atoms. The molecule has 1 aromatic carbocycles. The summed E-state index contributed by atoms with van der Waals surface area (Å²) in [6, 6.07) is 5.79. The number of para-hydroxylation sites is 1. The van der Waals surface area contributed by atoms with Crippen LogP contribution in [0.15, 0.2) is 18.2 Å². The molecule has 1 aromatic rings. The van der Waals surface area contributed by atoms with Gasteiger partial charge in [0.1, 0.15) is 11.6 Å². The molecule has 3 nitrogen and oxygen atoms in total. The second kappa shape index (κ2) is 5.64. The van der Waals surface area contributed by atoms with Crippen LogP contribution in [0.25, 0.3) is 0 Å². The summed E-state index contributed by atoms with van der Waals surface area (Å²) in [5.74, 6) is 2.35. The molecular formula is C16H24N2O. The van der Waals surface area contributed by atoms with E-state index in [2.05, 4.69) is 13.8 Å². The highest BCUT2D eigenvalue weighted by Gasteiger charge is 2.26. The van der Waals surface area contributed by atoms with Crippen molar-refractivity contribution in [2.75, 3.05) is 0 Å². The molecule has 3 N–H and O–H groups in total. The van der Waals surface area contributed by atoms with E-state index < -0.39 is 0 Å². The summed E-state index contributed by atoms with van der Waals surface area (Å²) in [6.07, 6.45) is 3.65. The van der Waals surface area contributed by atoms with Crippen molar-refractivity contribution < 1.29 is 4.74 Å². The lowest BCUT2D eigenvalue weighted by Gasteiger charge is -2.33. The van der Waals surface area contributed by atoms with Gasteiger partial charge in [-0.25, -0.2) is 0 Å². The van der Waals surface area contributed by atoms with Gasteiger partial charge < -0.3 is 10.5 Å². The molecule has 3 atom stereocenters. The third-order valence-corrected chi connectivity index (χ3v) is 4.34. The summed E-state index contributed by atoms with van der Waals surface area (Å²) in [4.78, 5) is 0. The Kier molecular flexibility index (Phi) is 4.13. The number of amidine groups is 1. The van der Waals surface area contributed by atoms with Crippen molar-refractivity contribution in [2.24, 2.45) is 17.6 Å². The number of benzene rings is 1. The van der Waals surface area contributed by atoms with E-state index in [1.54, 1.807) is 0 Å². The monoisotopic (exact) mass is 260 g/mol. The van der Waals surface area contributed by atoms with Crippen molar-refractivity contribution in [3.8, 4) is 5.75 Å². The van der Waals surface area contributed by atoms with Crippen LogP contribution < -0.4 is 10.5 Å². The molecule has 0 amide bonds. The predicted octanol–water partition coefficient (Wildman–Crippen LogP) is 3.48. The van der Waals surface area contributed by atoms with Gasteiger partial charge in [-0.05, 0) is 49.7 Å². The Bertz CT molecular complexity index is 470. The lowest BCUT2D eigenvalue weighted by Crippen LogP contribution is -2.29. The molecule has 1 saturated carbocycles. The van der Waals surface area contributed by atoms with E-state index in [0.717, 1.165) is 30.1 Å². The van der Waals surface area contributed by atoms with Gasteiger partial charge in [-0.3, -0.25) is 5.41 Å². The van der Waals surface area contributed by atoms with E-state index in [-0.39, 0.29) is 11.9 Å². The smallest absolute Gasteiger partial charge is 0.133 e. The number of hydrogen-bond acceptors (Lipinski definition) is 2. The van der Waals surface area contributed by atoms with Gasteiger partial charge in [-0.15, -0.1) is 0 Å². The van der Waals surface area contributed by atoms with Gasteiger partial charge >= 0.3 is 0 Å². The number of nitrogens with two attached hydrogens (primary N) is 1. The SMILES string of the molecule is Cc1cccc(C(=N)N)c1OC1CCC(C)C(C)C1. The first-order chi connectivity index (χ1) is 8.99. The Balaban J connectivity index is 2.17. The summed E-state index contributed by atoms with van der Waals surface area (Å²) >= 11 is 0. The molecule has 104 valence electrons. The molecule has 0 radical (unpaired) electrons. The van der Waals surface area contributed by atoms with Crippen molar-refractivity contribution in [1.29, 1.82) is 5.41 Å². The number of hydrogen-bond donors (Lipinski definition) is 2. The number of nitrogen functional groups attached to an aromatic ring is 1. The molecule has 0 heterocycles. The lowest BCUT2D eigenvalue weighted by molar-refractivity contribution is 0.0998. The molecule has 0 bridgehead atoms. The number of aryl methyl sites for hydroxylation is 1. The van der Waals surface area contributed by atoms with E-state index >= 15 is 0 Å². The largest absolute Gasteiger partial charge is 0.489 e. The fraction of sp³-hybridized carbons (Fsp3) is 0.562. The van der Waals surface area contributed by atoms with Crippen LogP contribution in [0, 0.1) is 24.2 Å². The van der Waals surface area contributed by atoms with Gasteiger partial charge in [0.25, 0.3) is 0 Å². The van der Waals surface area contributed by atoms with E-state index in [4.69, 9.17) is 15.9 Å². The quantitative estimate of drug-likeness (QED) is 0.645. The second-order valence-electron chi connectivity index (χ2n) is 5.87. The molecule has 3 heteroatoms. The first-order valence-corrected chi connectivity index (χ1v) is 7.09. The minimum absolute atomic E-state index is 0.0796. The Morgan fingerprint density at radius 1 is 1.26 bits per heavy atom. The molecule has 0 aromatic heterocycles. The molecule has 2 rings (SSSR count). The third-order valence-electron chi connectivity index (χ3n) is 4.34. The third kappa shape index (κ3) is 3.09. The summed E-state index contributed by atoms with van der Waals surface area (Å²) in [6.45, 7) is 6.62. The first-order valence-electron chi connectivity index (χ1n) is 7.09. The van der Waals surface area contributed by atoms with E-state index in [1.165, 1.54) is 6.42 Å². The highest BCUT2D eigenvalue weighted by Crippen LogP contribution is 2.33. The fourth-order valence-electron chi connectivity index (χ4n) is 2.79. The number of nitrogens with one attached hydrogen (secondary N) is 1. The van der Waals surface area contributed by atoms with Crippen LogP contribution in [0.3, 0.4) is 0 Å². The highest BCUT2D eigenvalue weighted by atomic mass is 16.5. The zero-order chi connectivity index (χ0) is 14.0. The Labute approximate surface area is 115 Å². The van der Waals surface area contributed by atoms with Gasteiger partial charge in [0.15, 0.2) is 0 Å². The molecular weight excluding hydrogens is 236 g/mol. The van der Waals surface area contributed by atoms with E-state index in [9.17, 15) is 0 Å². The predicted molar refractivity (Wildman–Crippen MR) is 78.8 cm³/mol. The average molecular weight is 260 g/mol. The second-order valence-corrected chi connectivity index (χ2v) is 5.87. The van der Waals surface area contributed by atoms with Gasteiger partial charge in [0.2, 0.25) is 0 Å². The minimum atomic E-state index is 0.0796. The Morgan fingerprint density at radius 3 is 2.63 bits per heavy atom. The van der Waals surface area contributed by atoms with Crippen LogP contribution in [0.5, 0.6) is 5.75 Å². The molecule has 1 aliphatic carbocycles. The van der Waals surface area contributed by atoms with Gasteiger partial charge in [-0.2, -0.15) is 0 Å². The zero-order valence-electron chi connectivity index (χ0n) is 12.1. The summed E-state index contributed by atoms with van der Waals surface area (Å²) in [7, 11) is 0. The molecule has 3 unspecified atom stereocenters. The normalized spacial score (nSPS) is 27.0. The van der Waals surface area contributed by atoms with Gasteiger partial charge in [0.05, 0.1) is 11.7 Å². The summed E-state index contributed by atoms with van der Waals surface area (Å²) < 4.78 is 6.18. The lowest BCUT2D eigenvalue weighted by atomic mass is 9.80. The highest BCUT2D eigenvalue weighted by molar-refractivity contribution is 5.98. The maximum Gasteiger partial charge on any atom is 0.133 e. The molecule has 1 fully saturated rings. The van der Waals surface area contributed by atoms with E-state index in [1.807, 2.05) is 25.1 Å². The zero-order valence-corrected chi connectivity index (χ0v) is 12.1. The average Bonchev–Trinajstić information content (AvgIpc) is 2.36. The fourth-order valence-corrected chi connectivity index (χ4v) is 2.79. The number of ether oxygens (including phenoxy) is 1. The standard InChI is InChI=1S/C16H24N2O/c1-10-7-8-13(9-12(10)3)19-15-11(2)5-4-6-14(15)16(17)18/h4-6,10,12-13H,7-9H2,1-3H3,(H3,17,18). The maximum atomic E-state index is 7.66. The van der Waals surface area contributed by atoms with Crippen molar-refractivity contribution in [2.45, 2.75) is 46.1 Å². The topological polar surface area (TPSA) is 59.1 Å². The van der Waals surface area contributed by atoms with Crippen LogP contribution in [0.1, 0.15) is 44.2 Å². The van der Waals surface area contributed by atoms with Crippen molar-refractivity contribution in [3.63, 3.8) is 0 Å². The molecule has 0 aliphatic heterocycles. The molecule has 0 saturated heterocycles. The first kappa shape index (κ1) is 13.9. The van der Waals surface area contributed by atoms with Crippen molar-refractivity contribution in [1.82, 2.24) is 0 Å². The Hall–Kier alpha value is -1.51. The number of rotatable bonds is 3. The van der Waals surface area contributed by atoms with E-state index in [0.29, 0.717) is 11.5 Å². The van der Waals surface area contributed by atoms with Crippen LogP contribution in [0.4, 0.5) is 0 Å². The Morgan fingerprint density at radius 2 is 2.00 bits per heavy atom. The maximum absolute atomic E-state index is 7.66. The minimum Gasteiger partial charge on any atom is -0.489 e. The van der Waals surface area contributed by atoms with Crippen molar-refractivity contribution >= 4 is 5.84 Å². The van der Waals surface area contributed by atoms with Crippen LogP contribution in [-0.4, -0.2) is 11.9 Å². The van der Waals surface area contributed by atoms with Gasteiger partial charge in [0, 0.05) is 0 Å². The summed E-state index contributed by atoms with van der Waals surface area (Å²) in [5, 5.41) is 7.66. The van der Waals surface area contributed by atoms with Crippen LogP contribution >= 0.6 is 0 Å². The van der Waals surface area contributed by atoms with Crippen LogP contribution in [-0.2, 0) is 0 Å². The van der Waals surface area contributed by atoms with Crippen molar-refractivity contribution in [3.05, 3.63) is 29.3 Å². The van der Waals surface area contributed by atoms with Crippen LogP contribution in [0.2, 0.25) is 0 Å². The molecule has 1 aliphatic rings. The van der Waals surface area contributed by atoms with Gasteiger partial charge in [-0.1, -0.05) is 26.0 Å². The summed E-state index contributed by atoms with van der Waals surface area (Å²) in [5.41, 5.74) is 7.41.